The van der Waals surface area contributed by atoms with Gasteiger partial charge in [-0.3, -0.25) is 4.79 Å². The van der Waals surface area contributed by atoms with E-state index in [0.29, 0.717) is 5.92 Å². The molecular formula is C16H24N2O. The van der Waals surface area contributed by atoms with Gasteiger partial charge in [-0.25, -0.2) is 0 Å². The lowest BCUT2D eigenvalue weighted by molar-refractivity contribution is -0.123. The van der Waals surface area contributed by atoms with Gasteiger partial charge in [0.25, 0.3) is 0 Å². The van der Waals surface area contributed by atoms with Crippen molar-refractivity contribution in [1.29, 1.82) is 0 Å². The summed E-state index contributed by atoms with van der Waals surface area (Å²) >= 11 is 0. The summed E-state index contributed by atoms with van der Waals surface area (Å²) in [5.74, 6) is 0.646. The molecule has 0 heterocycles. The van der Waals surface area contributed by atoms with Crippen LogP contribution in [0.25, 0.3) is 0 Å². The van der Waals surface area contributed by atoms with Crippen LogP contribution in [0.3, 0.4) is 0 Å². The summed E-state index contributed by atoms with van der Waals surface area (Å²) in [5.41, 5.74) is 7.16. The van der Waals surface area contributed by atoms with Gasteiger partial charge in [-0.1, -0.05) is 43.7 Å². The molecular weight excluding hydrogens is 236 g/mol. The summed E-state index contributed by atoms with van der Waals surface area (Å²) in [6, 6.07) is 10.2. The third-order valence-electron chi connectivity index (χ3n) is 3.75. The SMILES string of the molecule is CCCC(N)C(=O)NC(Cc1ccccc1)C1CC1. The summed E-state index contributed by atoms with van der Waals surface area (Å²) in [7, 11) is 0. The molecule has 1 amide bonds. The van der Waals surface area contributed by atoms with Crippen molar-refractivity contribution in [1.82, 2.24) is 5.32 Å². The molecule has 0 aromatic heterocycles. The van der Waals surface area contributed by atoms with Crippen LogP contribution in [0.5, 0.6) is 0 Å². The molecule has 2 rings (SSSR count). The maximum absolute atomic E-state index is 12.0. The van der Waals surface area contributed by atoms with Gasteiger partial charge in [0.15, 0.2) is 0 Å². The Morgan fingerprint density at radius 2 is 2.05 bits per heavy atom. The molecule has 19 heavy (non-hydrogen) atoms. The van der Waals surface area contributed by atoms with Crippen molar-refractivity contribution in [2.24, 2.45) is 11.7 Å². The maximum Gasteiger partial charge on any atom is 0.237 e. The van der Waals surface area contributed by atoms with Crippen molar-refractivity contribution >= 4 is 5.91 Å². The normalized spacial score (nSPS) is 17.8. The highest BCUT2D eigenvalue weighted by atomic mass is 16.2. The van der Waals surface area contributed by atoms with Crippen LogP contribution < -0.4 is 11.1 Å². The molecule has 104 valence electrons. The Hall–Kier alpha value is -1.35. The molecule has 1 fully saturated rings. The van der Waals surface area contributed by atoms with Crippen molar-refractivity contribution in [2.75, 3.05) is 0 Å². The summed E-state index contributed by atoms with van der Waals surface area (Å²) in [5, 5.41) is 3.15. The van der Waals surface area contributed by atoms with Gasteiger partial charge in [0, 0.05) is 6.04 Å². The molecule has 1 aromatic carbocycles. The lowest BCUT2D eigenvalue weighted by Gasteiger charge is -2.21. The molecule has 0 spiro atoms. The van der Waals surface area contributed by atoms with Gasteiger partial charge in [-0.05, 0) is 37.2 Å². The van der Waals surface area contributed by atoms with E-state index in [2.05, 4.69) is 24.4 Å². The van der Waals surface area contributed by atoms with Gasteiger partial charge < -0.3 is 11.1 Å². The van der Waals surface area contributed by atoms with Crippen molar-refractivity contribution in [3.63, 3.8) is 0 Å². The monoisotopic (exact) mass is 260 g/mol. The molecule has 1 aliphatic carbocycles. The van der Waals surface area contributed by atoms with E-state index in [0.717, 1.165) is 19.3 Å². The Bertz CT molecular complexity index is 400. The van der Waals surface area contributed by atoms with E-state index in [1.54, 1.807) is 0 Å². The largest absolute Gasteiger partial charge is 0.351 e. The van der Waals surface area contributed by atoms with Crippen LogP contribution in [-0.2, 0) is 11.2 Å². The van der Waals surface area contributed by atoms with E-state index in [1.807, 2.05) is 18.2 Å². The van der Waals surface area contributed by atoms with E-state index in [-0.39, 0.29) is 18.0 Å². The maximum atomic E-state index is 12.0. The smallest absolute Gasteiger partial charge is 0.237 e. The van der Waals surface area contributed by atoms with Gasteiger partial charge >= 0.3 is 0 Å². The predicted octanol–water partition coefficient (Wildman–Crippen LogP) is 2.25. The Kier molecular flexibility index (Phi) is 4.97. The summed E-state index contributed by atoms with van der Waals surface area (Å²) in [4.78, 5) is 12.0. The number of carbonyl (C=O) groups excluding carboxylic acids is 1. The Morgan fingerprint density at radius 3 is 2.63 bits per heavy atom. The van der Waals surface area contributed by atoms with E-state index in [4.69, 9.17) is 5.73 Å². The van der Waals surface area contributed by atoms with Crippen molar-refractivity contribution < 1.29 is 4.79 Å². The zero-order chi connectivity index (χ0) is 13.7. The number of hydrogen-bond acceptors (Lipinski definition) is 2. The van der Waals surface area contributed by atoms with Crippen LogP contribution >= 0.6 is 0 Å². The first kappa shape index (κ1) is 14.1. The van der Waals surface area contributed by atoms with Crippen molar-refractivity contribution in [3.8, 4) is 0 Å². The van der Waals surface area contributed by atoms with Crippen LogP contribution in [0.1, 0.15) is 38.2 Å². The van der Waals surface area contributed by atoms with Gasteiger partial charge in [0.2, 0.25) is 5.91 Å². The van der Waals surface area contributed by atoms with Gasteiger partial charge in [-0.2, -0.15) is 0 Å². The molecule has 1 aromatic rings. The van der Waals surface area contributed by atoms with Gasteiger partial charge in [-0.15, -0.1) is 0 Å². The predicted molar refractivity (Wildman–Crippen MR) is 77.7 cm³/mol. The first-order valence-corrected chi connectivity index (χ1v) is 7.30. The fourth-order valence-corrected chi connectivity index (χ4v) is 2.43. The molecule has 3 heteroatoms. The third-order valence-corrected chi connectivity index (χ3v) is 3.75. The Balaban J connectivity index is 1.91. The number of hydrogen-bond donors (Lipinski definition) is 2. The second-order valence-electron chi connectivity index (χ2n) is 5.54. The number of rotatable bonds is 7. The van der Waals surface area contributed by atoms with Gasteiger partial charge in [0.05, 0.1) is 6.04 Å². The minimum absolute atomic E-state index is 0.00896. The number of carbonyl (C=O) groups is 1. The number of nitrogens with one attached hydrogen (secondary N) is 1. The second-order valence-corrected chi connectivity index (χ2v) is 5.54. The lowest BCUT2D eigenvalue weighted by Crippen LogP contribution is -2.47. The summed E-state index contributed by atoms with van der Waals surface area (Å²) in [6.45, 7) is 2.05. The molecule has 1 saturated carbocycles. The average Bonchev–Trinajstić information content (AvgIpc) is 3.23. The second kappa shape index (κ2) is 6.71. The van der Waals surface area contributed by atoms with Crippen LogP contribution in [0.15, 0.2) is 30.3 Å². The summed E-state index contributed by atoms with van der Waals surface area (Å²) < 4.78 is 0. The minimum atomic E-state index is -0.359. The third kappa shape index (κ3) is 4.35. The topological polar surface area (TPSA) is 55.1 Å². The first-order valence-electron chi connectivity index (χ1n) is 7.30. The molecule has 0 bridgehead atoms. The molecule has 0 radical (unpaired) electrons. The molecule has 2 atom stereocenters. The zero-order valence-corrected chi connectivity index (χ0v) is 11.6. The highest BCUT2D eigenvalue weighted by molar-refractivity contribution is 5.81. The van der Waals surface area contributed by atoms with E-state index in [9.17, 15) is 4.79 Å². The molecule has 2 unspecified atom stereocenters. The molecule has 0 saturated heterocycles. The fourth-order valence-electron chi connectivity index (χ4n) is 2.43. The van der Waals surface area contributed by atoms with E-state index >= 15 is 0 Å². The molecule has 3 nitrogen and oxygen atoms in total. The number of benzene rings is 1. The van der Waals surface area contributed by atoms with Crippen molar-refractivity contribution in [3.05, 3.63) is 35.9 Å². The Labute approximate surface area is 115 Å². The van der Waals surface area contributed by atoms with Gasteiger partial charge in [0.1, 0.15) is 0 Å². The van der Waals surface area contributed by atoms with E-state index < -0.39 is 0 Å². The molecule has 3 N–H and O–H groups in total. The van der Waals surface area contributed by atoms with Crippen LogP contribution in [0.4, 0.5) is 0 Å². The quantitative estimate of drug-likeness (QED) is 0.790. The highest BCUT2D eigenvalue weighted by Gasteiger charge is 2.32. The number of nitrogens with two attached hydrogens (primary N) is 1. The van der Waals surface area contributed by atoms with E-state index in [1.165, 1.54) is 18.4 Å². The zero-order valence-electron chi connectivity index (χ0n) is 11.6. The number of amides is 1. The molecule has 0 aliphatic heterocycles. The molecule has 1 aliphatic rings. The first-order chi connectivity index (χ1) is 9.20. The van der Waals surface area contributed by atoms with Crippen LogP contribution in [-0.4, -0.2) is 18.0 Å². The van der Waals surface area contributed by atoms with Crippen molar-refractivity contribution in [2.45, 2.75) is 51.1 Å². The lowest BCUT2D eigenvalue weighted by atomic mass is 10.0. The standard InChI is InChI=1S/C16H24N2O/c1-2-6-14(17)16(19)18-15(13-9-10-13)11-12-7-4-3-5-8-12/h3-5,7-8,13-15H,2,6,9-11,17H2,1H3,(H,18,19). The average molecular weight is 260 g/mol. The van der Waals surface area contributed by atoms with Crippen LogP contribution in [0, 0.1) is 5.92 Å². The Morgan fingerprint density at radius 1 is 1.37 bits per heavy atom. The summed E-state index contributed by atoms with van der Waals surface area (Å²) in [6.07, 6.45) is 5.06. The fraction of sp³-hybridized carbons (Fsp3) is 0.562. The highest BCUT2D eigenvalue weighted by Crippen LogP contribution is 2.34. The van der Waals surface area contributed by atoms with Crippen LogP contribution in [0.2, 0.25) is 0 Å². The minimum Gasteiger partial charge on any atom is -0.351 e.